The summed E-state index contributed by atoms with van der Waals surface area (Å²) in [6, 6.07) is 15.2. The van der Waals surface area contributed by atoms with Gasteiger partial charge in [0.05, 0.1) is 0 Å². The molecule has 0 aliphatic carbocycles. The van der Waals surface area contributed by atoms with Gasteiger partial charge in [0, 0.05) is 31.5 Å². The third kappa shape index (κ3) is 1.84. The van der Waals surface area contributed by atoms with Crippen LogP contribution in [0.3, 0.4) is 0 Å². The van der Waals surface area contributed by atoms with Crippen LogP contribution in [0.1, 0.15) is 16.7 Å². The second kappa shape index (κ2) is 4.37. The fourth-order valence-electron chi connectivity index (χ4n) is 2.66. The molecule has 0 saturated carbocycles. The van der Waals surface area contributed by atoms with Crippen LogP contribution in [0.25, 0.3) is 0 Å². The zero-order valence-corrected chi connectivity index (χ0v) is 10.9. The van der Waals surface area contributed by atoms with Crippen LogP contribution in [0.4, 0.5) is 11.4 Å². The summed E-state index contributed by atoms with van der Waals surface area (Å²) >= 11 is 0. The lowest BCUT2D eigenvalue weighted by molar-refractivity contribution is 0.880. The highest BCUT2D eigenvalue weighted by Gasteiger charge is 2.21. The molecule has 1 heterocycles. The molecule has 1 N–H and O–H groups in total. The molecule has 2 nitrogen and oxygen atoms in total. The molecule has 1 aliphatic rings. The van der Waals surface area contributed by atoms with E-state index in [4.69, 9.17) is 0 Å². The fourth-order valence-corrected chi connectivity index (χ4v) is 2.66. The Morgan fingerprint density at radius 1 is 1.06 bits per heavy atom. The van der Waals surface area contributed by atoms with Gasteiger partial charge in [0.1, 0.15) is 0 Å². The summed E-state index contributed by atoms with van der Waals surface area (Å²) in [6.45, 7) is 4.15. The summed E-state index contributed by atoms with van der Waals surface area (Å²) in [5.41, 5.74) is 6.75. The number of anilines is 2. The molecular weight excluding hydrogens is 220 g/mol. The molecule has 0 aromatic heterocycles. The predicted molar refractivity (Wildman–Crippen MR) is 77.1 cm³/mol. The van der Waals surface area contributed by atoms with Gasteiger partial charge in [-0.1, -0.05) is 24.3 Å². The largest absolute Gasteiger partial charge is 0.388 e. The van der Waals surface area contributed by atoms with E-state index in [0.717, 1.165) is 13.1 Å². The van der Waals surface area contributed by atoms with E-state index < -0.39 is 0 Å². The van der Waals surface area contributed by atoms with Crippen molar-refractivity contribution in [2.24, 2.45) is 0 Å². The van der Waals surface area contributed by atoms with Crippen molar-refractivity contribution in [1.29, 1.82) is 0 Å². The van der Waals surface area contributed by atoms with Gasteiger partial charge in [-0.3, -0.25) is 0 Å². The molecule has 0 saturated heterocycles. The van der Waals surface area contributed by atoms with Crippen LogP contribution in [0, 0.1) is 6.92 Å². The second-order valence-electron chi connectivity index (χ2n) is 4.89. The molecule has 2 heteroatoms. The predicted octanol–water partition coefficient (Wildman–Crippen LogP) is 3.56. The Hall–Kier alpha value is -1.96. The first-order chi connectivity index (χ1) is 8.78. The Bertz CT molecular complexity index is 575. The molecule has 3 rings (SSSR count). The zero-order valence-electron chi connectivity index (χ0n) is 10.9. The van der Waals surface area contributed by atoms with E-state index in [1.54, 1.807) is 0 Å². The van der Waals surface area contributed by atoms with Gasteiger partial charge in [-0.05, 0) is 41.8 Å². The van der Waals surface area contributed by atoms with Crippen molar-refractivity contribution in [2.45, 2.75) is 20.0 Å². The van der Waals surface area contributed by atoms with E-state index in [0.29, 0.717) is 0 Å². The van der Waals surface area contributed by atoms with Gasteiger partial charge < -0.3 is 10.2 Å². The van der Waals surface area contributed by atoms with Crippen LogP contribution in [-0.2, 0) is 13.1 Å². The highest BCUT2D eigenvalue weighted by atomic mass is 15.1. The maximum Gasteiger partial charge on any atom is 0.0457 e. The fraction of sp³-hybridized carbons (Fsp3) is 0.250. The Balaban J connectivity index is 1.93. The average molecular weight is 238 g/mol. The van der Waals surface area contributed by atoms with E-state index in [2.05, 4.69) is 59.6 Å². The minimum Gasteiger partial charge on any atom is -0.388 e. The number of fused-ring (bicyclic) bond motifs is 1. The van der Waals surface area contributed by atoms with E-state index in [9.17, 15) is 0 Å². The van der Waals surface area contributed by atoms with E-state index in [1.807, 2.05) is 7.05 Å². The normalized spacial score (nSPS) is 13.6. The lowest BCUT2D eigenvalue weighted by atomic mass is 10.1. The quantitative estimate of drug-likeness (QED) is 0.860. The number of benzene rings is 2. The summed E-state index contributed by atoms with van der Waals surface area (Å²) in [4.78, 5) is 2.43. The summed E-state index contributed by atoms with van der Waals surface area (Å²) < 4.78 is 0. The van der Waals surface area contributed by atoms with E-state index in [-0.39, 0.29) is 0 Å². The van der Waals surface area contributed by atoms with Gasteiger partial charge in [-0.25, -0.2) is 0 Å². The standard InChI is InChI=1S/C16H18N2/c1-12-5-3-7-14(9-12)18-10-13-6-4-8-16(17-2)15(13)11-18/h3-9,17H,10-11H2,1-2H3. The molecule has 0 atom stereocenters. The van der Waals surface area contributed by atoms with Gasteiger partial charge in [-0.15, -0.1) is 0 Å². The Kier molecular flexibility index (Phi) is 2.71. The monoisotopic (exact) mass is 238 g/mol. The van der Waals surface area contributed by atoms with Gasteiger partial charge in [0.2, 0.25) is 0 Å². The Morgan fingerprint density at radius 3 is 2.67 bits per heavy atom. The number of nitrogens with one attached hydrogen (secondary N) is 1. The van der Waals surface area contributed by atoms with Crippen molar-refractivity contribution in [3.8, 4) is 0 Å². The molecule has 0 radical (unpaired) electrons. The van der Waals surface area contributed by atoms with Crippen LogP contribution in [-0.4, -0.2) is 7.05 Å². The minimum absolute atomic E-state index is 0.996. The van der Waals surface area contributed by atoms with Crippen LogP contribution in [0.15, 0.2) is 42.5 Å². The maximum absolute atomic E-state index is 3.28. The second-order valence-corrected chi connectivity index (χ2v) is 4.89. The summed E-state index contributed by atoms with van der Waals surface area (Å²) in [6.07, 6.45) is 0. The summed E-state index contributed by atoms with van der Waals surface area (Å²) in [7, 11) is 1.99. The van der Waals surface area contributed by atoms with Crippen LogP contribution in [0.2, 0.25) is 0 Å². The number of hydrogen-bond donors (Lipinski definition) is 1. The van der Waals surface area contributed by atoms with Crippen molar-refractivity contribution in [3.63, 3.8) is 0 Å². The lowest BCUT2D eigenvalue weighted by Gasteiger charge is -2.18. The molecule has 2 aromatic carbocycles. The van der Waals surface area contributed by atoms with Crippen molar-refractivity contribution in [1.82, 2.24) is 0 Å². The van der Waals surface area contributed by atoms with Gasteiger partial charge in [0.25, 0.3) is 0 Å². The van der Waals surface area contributed by atoms with Crippen molar-refractivity contribution in [3.05, 3.63) is 59.2 Å². The zero-order chi connectivity index (χ0) is 12.5. The van der Waals surface area contributed by atoms with Crippen LogP contribution < -0.4 is 10.2 Å². The third-order valence-corrected chi connectivity index (χ3v) is 3.62. The Morgan fingerprint density at radius 2 is 1.89 bits per heavy atom. The molecular formula is C16H18N2. The Labute approximate surface area is 108 Å². The van der Waals surface area contributed by atoms with E-state index in [1.165, 1.54) is 28.1 Å². The topological polar surface area (TPSA) is 15.3 Å². The SMILES string of the molecule is CNc1cccc2c1CN(c1cccc(C)c1)C2. The third-order valence-electron chi connectivity index (χ3n) is 3.62. The van der Waals surface area contributed by atoms with Gasteiger partial charge >= 0.3 is 0 Å². The van der Waals surface area contributed by atoms with Gasteiger partial charge in [0.15, 0.2) is 0 Å². The molecule has 1 aliphatic heterocycles. The van der Waals surface area contributed by atoms with Gasteiger partial charge in [-0.2, -0.15) is 0 Å². The minimum atomic E-state index is 0.996. The molecule has 0 amide bonds. The van der Waals surface area contributed by atoms with Crippen LogP contribution >= 0.6 is 0 Å². The lowest BCUT2D eigenvalue weighted by Crippen LogP contribution is -2.14. The molecule has 0 bridgehead atoms. The van der Waals surface area contributed by atoms with Crippen molar-refractivity contribution in [2.75, 3.05) is 17.3 Å². The molecule has 0 fully saturated rings. The first-order valence-electron chi connectivity index (χ1n) is 6.38. The molecule has 18 heavy (non-hydrogen) atoms. The maximum atomic E-state index is 3.28. The molecule has 92 valence electrons. The highest BCUT2D eigenvalue weighted by Crippen LogP contribution is 2.32. The van der Waals surface area contributed by atoms with Crippen molar-refractivity contribution < 1.29 is 0 Å². The average Bonchev–Trinajstić information content (AvgIpc) is 2.82. The smallest absolute Gasteiger partial charge is 0.0457 e. The van der Waals surface area contributed by atoms with Crippen molar-refractivity contribution >= 4 is 11.4 Å². The molecule has 2 aromatic rings. The summed E-state index contributed by atoms with van der Waals surface area (Å²) in [5.74, 6) is 0. The van der Waals surface area contributed by atoms with Crippen LogP contribution in [0.5, 0.6) is 0 Å². The number of hydrogen-bond acceptors (Lipinski definition) is 2. The molecule has 0 spiro atoms. The number of aryl methyl sites for hydroxylation is 1. The number of nitrogens with zero attached hydrogens (tertiary/aromatic N) is 1. The summed E-state index contributed by atoms with van der Waals surface area (Å²) in [5, 5.41) is 3.28. The first-order valence-corrected chi connectivity index (χ1v) is 6.38. The molecule has 0 unspecified atom stereocenters. The van der Waals surface area contributed by atoms with E-state index >= 15 is 0 Å². The highest BCUT2D eigenvalue weighted by molar-refractivity contribution is 5.61. The number of rotatable bonds is 2. The first kappa shape index (κ1) is 11.1.